The van der Waals surface area contributed by atoms with Crippen LogP contribution in [0.15, 0.2) is 22.2 Å². The van der Waals surface area contributed by atoms with Gasteiger partial charge in [0.25, 0.3) is 0 Å². The van der Waals surface area contributed by atoms with Crippen LogP contribution in [0.2, 0.25) is 0 Å². The van der Waals surface area contributed by atoms with Crippen LogP contribution in [0.25, 0.3) is 6.08 Å². The Balaban J connectivity index is 3.23. The number of hydrogen-bond acceptors (Lipinski definition) is 6. The summed E-state index contributed by atoms with van der Waals surface area (Å²) in [6, 6.07) is 6.80. The third kappa shape index (κ3) is 4.24. The van der Waals surface area contributed by atoms with Crippen molar-refractivity contribution in [3.05, 3.63) is 27.7 Å². The summed E-state index contributed by atoms with van der Waals surface area (Å²) in [5.74, 6) is 0.161. The van der Waals surface area contributed by atoms with Crippen LogP contribution >= 0.6 is 15.9 Å². The highest BCUT2D eigenvalue weighted by molar-refractivity contribution is 9.10. The largest absolute Gasteiger partial charge is 0.493 e. The molecule has 114 valence electrons. The van der Waals surface area contributed by atoms with Crippen molar-refractivity contribution in [1.82, 2.24) is 0 Å². The van der Waals surface area contributed by atoms with E-state index in [1.165, 1.54) is 20.3 Å². The van der Waals surface area contributed by atoms with Crippen molar-refractivity contribution < 1.29 is 19.0 Å². The van der Waals surface area contributed by atoms with Crippen molar-refractivity contribution in [2.75, 3.05) is 14.2 Å². The van der Waals surface area contributed by atoms with Crippen LogP contribution in [0.5, 0.6) is 11.5 Å². The zero-order chi connectivity index (χ0) is 16.7. The minimum atomic E-state index is -0.814. The number of allylic oxidation sites excluding steroid dienone is 1. The molecule has 6 nitrogen and oxygen atoms in total. The van der Waals surface area contributed by atoms with Crippen molar-refractivity contribution in [3.8, 4) is 23.6 Å². The summed E-state index contributed by atoms with van der Waals surface area (Å²) in [5.41, 5.74) is 0.547. The smallest absolute Gasteiger partial charge is 0.346 e. The molecule has 1 atom stereocenters. The van der Waals surface area contributed by atoms with Crippen molar-refractivity contribution in [2.24, 2.45) is 0 Å². The summed E-state index contributed by atoms with van der Waals surface area (Å²) in [6.45, 7) is 1.55. The second kappa shape index (κ2) is 8.06. The highest BCUT2D eigenvalue weighted by atomic mass is 79.9. The Hall–Kier alpha value is -2.51. The van der Waals surface area contributed by atoms with E-state index in [-0.39, 0.29) is 5.57 Å². The number of halogens is 1. The van der Waals surface area contributed by atoms with E-state index in [0.29, 0.717) is 21.5 Å². The lowest BCUT2D eigenvalue weighted by Gasteiger charge is -2.17. The topological polar surface area (TPSA) is 92.3 Å². The SMILES string of the molecule is COC(=O)C(C)Oc1c(Br)cc(C=C(C#N)C#N)cc1OC. The number of nitrogens with zero attached hydrogens (tertiary/aromatic N) is 2. The summed E-state index contributed by atoms with van der Waals surface area (Å²) in [7, 11) is 2.72. The van der Waals surface area contributed by atoms with Gasteiger partial charge < -0.3 is 14.2 Å². The second-order valence-electron chi connectivity index (χ2n) is 4.10. The molecule has 0 aliphatic heterocycles. The zero-order valence-electron chi connectivity index (χ0n) is 12.2. The first-order valence-corrected chi connectivity index (χ1v) is 6.90. The molecule has 0 aliphatic rings. The maximum absolute atomic E-state index is 11.4. The molecule has 0 radical (unpaired) electrons. The fourth-order valence-corrected chi connectivity index (χ4v) is 2.14. The van der Waals surface area contributed by atoms with Gasteiger partial charge in [-0.05, 0) is 46.6 Å². The lowest BCUT2D eigenvalue weighted by molar-refractivity contribution is -0.147. The van der Waals surface area contributed by atoms with E-state index in [4.69, 9.17) is 20.0 Å². The minimum Gasteiger partial charge on any atom is -0.493 e. The number of benzene rings is 1. The third-order valence-corrected chi connectivity index (χ3v) is 3.22. The second-order valence-corrected chi connectivity index (χ2v) is 4.95. The van der Waals surface area contributed by atoms with Gasteiger partial charge in [-0.15, -0.1) is 0 Å². The molecule has 1 rings (SSSR count). The van der Waals surface area contributed by atoms with Crippen LogP contribution in [-0.2, 0) is 9.53 Å². The number of rotatable bonds is 5. The van der Waals surface area contributed by atoms with Gasteiger partial charge in [0.05, 0.1) is 18.7 Å². The molecule has 22 heavy (non-hydrogen) atoms. The fourth-order valence-electron chi connectivity index (χ4n) is 1.58. The maximum Gasteiger partial charge on any atom is 0.346 e. The Kier molecular flexibility index (Phi) is 6.43. The molecule has 0 heterocycles. The average Bonchev–Trinajstić information content (AvgIpc) is 2.53. The number of hydrogen-bond donors (Lipinski definition) is 0. The van der Waals surface area contributed by atoms with E-state index in [1.807, 2.05) is 0 Å². The summed E-state index contributed by atoms with van der Waals surface area (Å²) < 4.78 is 15.9. The molecule has 1 aromatic rings. The van der Waals surface area contributed by atoms with E-state index in [9.17, 15) is 4.79 Å². The highest BCUT2D eigenvalue weighted by Crippen LogP contribution is 2.38. The standard InChI is InChI=1S/C15H13BrN2O4/c1-9(15(19)21-3)22-14-12(16)5-10(6-13(14)20-2)4-11(7-17)8-18/h4-6,9H,1-3H3. The molecule has 0 saturated carbocycles. The Morgan fingerprint density at radius 3 is 2.45 bits per heavy atom. The van der Waals surface area contributed by atoms with Gasteiger partial charge in [-0.25, -0.2) is 4.79 Å². The normalized spacial score (nSPS) is 10.6. The molecule has 0 aliphatic carbocycles. The number of methoxy groups -OCH3 is 2. The van der Waals surface area contributed by atoms with Crippen LogP contribution in [0.4, 0.5) is 0 Å². The number of ether oxygens (including phenoxy) is 3. The summed E-state index contributed by atoms with van der Waals surface area (Å²) in [4.78, 5) is 11.4. The lowest BCUT2D eigenvalue weighted by atomic mass is 10.1. The van der Waals surface area contributed by atoms with Gasteiger partial charge in [0, 0.05) is 0 Å². The first kappa shape index (κ1) is 17.5. The van der Waals surface area contributed by atoms with Gasteiger partial charge in [0.15, 0.2) is 17.6 Å². The van der Waals surface area contributed by atoms with Crippen LogP contribution in [0, 0.1) is 22.7 Å². The Morgan fingerprint density at radius 1 is 1.32 bits per heavy atom. The number of carbonyl (C=O) groups is 1. The average molecular weight is 365 g/mol. The van der Waals surface area contributed by atoms with Crippen LogP contribution in [-0.4, -0.2) is 26.3 Å². The number of esters is 1. The molecule has 1 unspecified atom stereocenters. The Labute approximate surface area is 136 Å². The molecule has 0 N–H and O–H groups in total. The molecule has 0 fully saturated rings. The molecule has 1 aromatic carbocycles. The predicted molar refractivity (Wildman–Crippen MR) is 82.0 cm³/mol. The van der Waals surface area contributed by atoms with Crippen molar-refractivity contribution in [1.29, 1.82) is 10.5 Å². The van der Waals surface area contributed by atoms with Crippen molar-refractivity contribution >= 4 is 28.0 Å². The first-order chi connectivity index (χ1) is 10.5. The van der Waals surface area contributed by atoms with E-state index in [2.05, 4.69) is 20.7 Å². The van der Waals surface area contributed by atoms with Crippen LogP contribution in [0.3, 0.4) is 0 Å². The Morgan fingerprint density at radius 2 is 1.95 bits per heavy atom. The monoisotopic (exact) mass is 364 g/mol. The highest BCUT2D eigenvalue weighted by Gasteiger charge is 2.20. The fraction of sp³-hybridized carbons (Fsp3) is 0.267. The number of nitriles is 2. The van der Waals surface area contributed by atoms with Gasteiger partial charge >= 0.3 is 5.97 Å². The maximum atomic E-state index is 11.4. The molecule has 0 aromatic heterocycles. The summed E-state index contributed by atoms with van der Waals surface area (Å²) in [6.07, 6.45) is 0.603. The minimum absolute atomic E-state index is 0.0365. The van der Waals surface area contributed by atoms with Crippen molar-refractivity contribution in [2.45, 2.75) is 13.0 Å². The van der Waals surface area contributed by atoms with Gasteiger partial charge in [-0.1, -0.05) is 0 Å². The molecular weight excluding hydrogens is 352 g/mol. The number of carbonyl (C=O) groups excluding carboxylic acids is 1. The molecule has 0 bridgehead atoms. The molecule has 0 amide bonds. The summed E-state index contributed by atoms with van der Waals surface area (Å²) in [5, 5.41) is 17.6. The molecule has 0 saturated heterocycles. The van der Waals surface area contributed by atoms with E-state index >= 15 is 0 Å². The van der Waals surface area contributed by atoms with Gasteiger partial charge in [-0.2, -0.15) is 10.5 Å². The van der Waals surface area contributed by atoms with Gasteiger partial charge in [-0.3, -0.25) is 0 Å². The lowest BCUT2D eigenvalue weighted by Crippen LogP contribution is -2.25. The zero-order valence-corrected chi connectivity index (χ0v) is 13.8. The molecule has 0 spiro atoms. The van der Waals surface area contributed by atoms with E-state index < -0.39 is 12.1 Å². The van der Waals surface area contributed by atoms with Gasteiger partial charge in [0.2, 0.25) is 0 Å². The van der Waals surface area contributed by atoms with E-state index in [1.54, 1.807) is 31.2 Å². The first-order valence-electron chi connectivity index (χ1n) is 6.10. The van der Waals surface area contributed by atoms with Gasteiger partial charge in [0.1, 0.15) is 17.7 Å². The van der Waals surface area contributed by atoms with Crippen LogP contribution < -0.4 is 9.47 Å². The van der Waals surface area contributed by atoms with E-state index in [0.717, 1.165) is 0 Å². The predicted octanol–water partition coefficient (Wildman–Crippen LogP) is 2.83. The summed E-state index contributed by atoms with van der Waals surface area (Å²) >= 11 is 3.32. The van der Waals surface area contributed by atoms with Crippen molar-refractivity contribution in [3.63, 3.8) is 0 Å². The third-order valence-electron chi connectivity index (χ3n) is 2.63. The molecule has 7 heteroatoms. The van der Waals surface area contributed by atoms with Crippen LogP contribution in [0.1, 0.15) is 12.5 Å². The quantitative estimate of drug-likeness (QED) is 0.589. The Bertz CT molecular complexity index is 670. The molecular formula is C15H13BrN2O4.